The highest BCUT2D eigenvalue weighted by molar-refractivity contribution is 5.79. The second-order valence-electron chi connectivity index (χ2n) is 4.59. The highest BCUT2D eigenvalue weighted by atomic mass is 16.5. The molecule has 0 radical (unpaired) electrons. The summed E-state index contributed by atoms with van der Waals surface area (Å²) in [5, 5.41) is 1.13. The largest absolute Gasteiger partial charge is 0.379 e. The molecule has 1 unspecified atom stereocenters. The van der Waals surface area contributed by atoms with Gasteiger partial charge in [0.25, 0.3) is 0 Å². The van der Waals surface area contributed by atoms with Crippen molar-refractivity contribution in [3.8, 4) is 0 Å². The molecule has 2 N–H and O–H groups in total. The fraction of sp³-hybridized carbons (Fsp3) is 0.400. The fourth-order valence-corrected chi connectivity index (χ4v) is 1.93. The van der Waals surface area contributed by atoms with Gasteiger partial charge in [0, 0.05) is 17.7 Å². The van der Waals surface area contributed by atoms with Gasteiger partial charge in [0.05, 0.1) is 18.2 Å². The Labute approximate surface area is 108 Å². The van der Waals surface area contributed by atoms with Crippen molar-refractivity contribution in [3.05, 3.63) is 41.6 Å². The highest BCUT2D eigenvalue weighted by Gasteiger charge is 2.07. The van der Waals surface area contributed by atoms with E-state index in [1.165, 1.54) is 0 Å². The van der Waals surface area contributed by atoms with E-state index in [-0.39, 0.29) is 6.04 Å². The lowest BCUT2D eigenvalue weighted by Crippen LogP contribution is -2.17. The van der Waals surface area contributed by atoms with Crippen molar-refractivity contribution in [2.45, 2.75) is 26.3 Å². The van der Waals surface area contributed by atoms with Crippen molar-refractivity contribution < 1.29 is 4.74 Å². The lowest BCUT2D eigenvalue weighted by molar-refractivity contribution is 0.121. The number of benzene rings is 1. The van der Waals surface area contributed by atoms with Gasteiger partial charge in [-0.25, -0.2) is 0 Å². The molecule has 18 heavy (non-hydrogen) atoms. The molecule has 1 atom stereocenters. The maximum Gasteiger partial charge on any atom is 0.0705 e. The Kier molecular flexibility index (Phi) is 4.28. The van der Waals surface area contributed by atoms with Crippen LogP contribution in [-0.4, -0.2) is 18.2 Å². The first-order valence-corrected chi connectivity index (χ1v) is 6.41. The summed E-state index contributed by atoms with van der Waals surface area (Å²) in [6, 6.07) is 10.2. The lowest BCUT2D eigenvalue weighted by atomic mass is 10.1. The van der Waals surface area contributed by atoms with E-state index >= 15 is 0 Å². The van der Waals surface area contributed by atoms with Crippen LogP contribution in [0.3, 0.4) is 0 Å². The monoisotopic (exact) mass is 244 g/mol. The number of nitrogens with zero attached hydrogens (tertiary/aromatic N) is 1. The average molecular weight is 244 g/mol. The Bertz CT molecular complexity index is 525. The summed E-state index contributed by atoms with van der Waals surface area (Å²) in [7, 11) is 0. The Morgan fingerprint density at radius 1 is 1.28 bits per heavy atom. The topological polar surface area (TPSA) is 48.1 Å². The summed E-state index contributed by atoms with van der Waals surface area (Å²) >= 11 is 0. The van der Waals surface area contributed by atoms with Crippen molar-refractivity contribution in [3.63, 3.8) is 0 Å². The van der Waals surface area contributed by atoms with Crippen LogP contribution >= 0.6 is 0 Å². The predicted octanol–water partition coefficient (Wildman–Crippen LogP) is 2.97. The number of hydrogen-bond acceptors (Lipinski definition) is 3. The molecule has 2 aromatic rings. The van der Waals surface area contributed by atoms with E-state index in [0.29, 0.717) is 6.61 Å². The predicted molar refractivity (Wildman–Crippen MR) is 74.5 cm³/mol. The first-order chi connectivity index (χ1) is 8.70. The molecule has 0 bridgehead atoms. The highest BCUT2D eigenvalue weighted by Crippen LogP contribution is 2.18. The van der Waals surface area contributed by atoms with Gasteiger partial charge in [-0.05, 0) is 37.1 Å². The van der Waals surface area contributed by atoms with Gasteiger partial charge in [-0.1, -0.05) is 19.1 Å². The molecule has 0 saturated heterocycles. The molecular weight excluding hydrogens is 224 g/mol. The van der Waals surface area contributed by atoms with Crippen molar-refractivity contribution in [2.75, 3.05) is 13.2 Å². The number of ether oxygens (including phenoxy) is 1. The third-order valence-corrected chi connectivity index (χ3v) is 2.93. The summed E-state index contributed by atoms with van der Waals surface area (Å²) in [5.41, 5.74) is 9.26. The molecule has 1 aromatic heterocycles. The molecule has 3 nitrogen and oxygen atoms in total. The normalized spacial score (nSPS) is 12.8. The maximum absolute atomic E-state index is 6.11. The fourth-order valence-electron chi connectivity index (χ4n) is 1.93. The zero-order chi connectivity index (χ0) is 13.0. The minimum absolute atomic E-state index is 0.0674. The average Bonchev–Trinajstić information content (AvgIpc) is 2.38. The molecule has 2 rings (SSSR count). The Balaban J connectivity index is 2.16. The van der Waals surface area contributed by atoms with Gasteiger partial charge in [-0.2, -0.15) is 0 Å². The first kappa shape index (κ1) is 13.0. The smallest absolute Gasteiger partial charge is 0.0705 e. The van der Waals surface area contributed by atoms with Crippen LogP contribution in [0.5, 0.6) is 0 Å². The van der Waals surface area contributed by atoms with Crippen LogP contribution in [0.15, 0.2) is 30.3 Å². The molecule has 0 aliphatic carbocycles. The number of aromatic nitrogens is 1. The molecule has 3 heteroatoms. The van der Waals surface area contributed by atoms with Crippen molar-refractivity contribution in [1.29, 1.82) is 0 Å². The van der Waals surface area contributed by atoms with E-state index in [2.05, 4.69) is 24.0 Å². The van der Waals surface area contributed by atoms with E-state index in [9.17, 15) is 0 Å². The Hall–Kier alpha value is -1.45. The van der Waals surface area contributed by atoms with E-state index in [1.807, 2.05) is 25.1 Å². The van der Waals surface area contributed by atoms with E-state index in [1.54, 1.807) is 0 Å². The van der Waals surface area contributed by atoms with Crippen LogP contribution in [0.4, 0.5) is 0 Å². The number of hydrogen-bond donors (Lipinski definition) is 1. The van der Waals surface area contributed by atoms with E-state index in [0.717, 1.165) is 35.2 Å². The standard InChI is InChI=1S/C15H20N2O/c1-3-8-18-10-14(16)12-6-7-15-13(9-12)5-4-11(2)17-15/h4-7,9,14H,3,8,10,16H2,1-2H3. The summed E-state index contributed by atoms with van der Waals surface area (Å²) in [4.78, 5) is 4.48. The Morgan fingerprint density at radius 2 is 2.11 bits per heavy atom. The minimum Gasteiger partial charge on any atom is -0.379 e. The van der Waals surface area contributed by atoms with Crippen LogP contribution in [0.25, 0.3) is 10.9 Å². The van der Waals surface area contributed by atoms with Crippen LogP contribution in [0.2, 0.25) is 0 Å². The SMILES string of the molecule is CCCOCC(N)c1ccc2nc(C)ccc2c1. The zero-order valence-electron chi connectivity index (χ0n) is 11.0. The number of pyridine rings is 1. The van der Waals surface area contributed by atoms with Gasteiger partial charge in [0.15, 0.2) is 0 Å². The molecule has 0 spiro atoms. The number of rotatable bonds is 5. The summed E-state index contributed by atoms with van der Waals surface area (Å²) in [6.45, 7) is 5.42. The molecule has 0 aliphatic heterocycles. The van der Waals surface area contributed by atoms with Crippen molar-refractivity contribution >= 4 is 10.9 Å². The van der Waals surface area contributed by atoms with Crippen molar-refractivity contribution in [1.82, 2.24) is 4.98 Å². The van der Waals surface area contributed by atoms with Gasteiger partial charge >= 0.3 is 0 Å². The van der Waals surface area contributed by atoms with Crippen LogP contribution in [0.1, 0.15) is 30.6 Å². The maximum atomic E-state index is 6.11. The summed E-state index contributed by atoms with van der Waals surface area (Å²) < 4.78 is 5.49. The van der Waals surface area contributed by atoms with Gasteiger partial charge in [-0.3, -0.25) is 4.98 Å². The number of fused-ring (bicyclic) bond motifs is 1. The molecular formula is C15H20N2O. The number of aryl methyl sites for hydroxylation is 1. The quantitative estimate of drug-likeness (QED) is 0.823. The zero-order valence-corrected chi connectivity index (χ0v) is 11.0. The van der Waals surface area contributed by atoms with Gasteiger partial charge in [0.2, 0.25) is 0 Å². The van der Waals surface area contributed by atoms with Crippen molar-refractivity contribution in [2.24, 2.45) is 5.73 Å². The lowest BCUT2D eigenvalue weighted by Gasteiger charge is -2.13. The number of nitrogens with two attached hydrogens (primary N) is 1. The Morgan fingerprint density at radius 3 is 2.89 bits per heavy atom. The second-order valence-corrected chi connectivity index (χ2v) is 4.59. The van der Waals surface area contributed by atoms with Crippen LogP contribution < -0.4 is 5.73 Å². The van der Waals surface area contributed by atoms with Gasteiger partial charge in [-0.15, -0.1) is 0 Å². The van der Waals surface area contributed by atoms with Gasteiger partial charge in [0.1, 0.15) is 0 Å². The molecule has 96 valence electrons. The molecule has 1 aromatic carbocycles. The van der Waals surface area contributed by atoms with E-state index in [4.69, 9.17) is 10.5 Å². The molecule has 0 aliphatic rings. The van der Waals surface area contributed by atoms with Crippen LogP contribution in [0, 0.1) is 6.92 Å². The first-order valence-electron chi connectivity index (χ1n) is 6.41. The third kappa shape index (κ3) is 3.06. The van der Waals surface area contributed by atoms with E-state index < -0.39 is 0 Å². The molecule has 1 heterocycles. The summed E-state index contributed by atoms with van der Waals surface area (Å²) in [5.74, 6) is 0. The molecule has 0 saturated carbocycles. The summed E-state index contributed by atoms with van der Waals surface area (Å²) in [6.07, 6.45) is 1.02. The minimum atomic E-state index is -0.0674. The molecule has 0 amide bonds. The van der Waals surface area contributed by atoms with Gasteiger partial charge < -0.3 is 10.5 Å². The molecule has 0 fully saturated rings. The third-order valence-electron chi connectivity index (χ3n) is 2.93. The second kappa shape index (κ2) is 5.94. The van der Waals surface area contributed by atoms with Crippen LogP contribution in [-0.2, 0) is 4.74 Å².